The summed E-state index contributed by atoms with van der Waals surface area (Å²) in [5.74, 6) is 0. The third kappa shape index (κ3) is 7.37. The zero-order chi connectivity index (χ0) is 28.2. The first kappa shape index (κ1) is 38.0. The molecule has 0 heterocycles. The van der Waals surface area contributed by atoms with Gasteiger partial charge in [0, 0.05) is 0 Å². The van der Waals surface area contributed by atoms with Crippen molar-refractivity contribution in [2.24, 2.45) is 0 Å². The van der Waals surface area contributed by atoms with Gasteiger partial charge in [-0.3, -0.25) is 0 Å². The van der Waals surface area contributed by atoms with E-state index in [0.717, 1.165) is 0 Å². The van der Waals surface area contributed by atoms with Gasteiger partial charge in [0.1, 0.15) is 0 Å². The van der Waals surface area contributed by atoms with Crippen molar-refractivity contribution in [3.05, 3.63) is 104 Å². The fraction of sp³-hybridized carbons (Fsp3) is 0.389. The van der Waals surface area contributed by atoms with E-state index in [4.69, 9.17) is 0 Å². The zero-order valence-electron chi connectivity index (χ0n) is 26.6. The van der Waals surface area contributed by atoms with Gasteiger partial charge in [-0.25, -0.2) is 0 Å². The van der Waals surface area contributed by atoms with Crippen molar-refractivity contribution in [3.8, 4) is 11.1 Å². The number of rotatable bonds is 4. The summed E-state index contributed by atoms with van der Waals surface area (Å²) < 4.78 is 1.56. The van der Waals surface area contributed by atoms with Crippen molar-refractivity contribution < 1.29 is 57.7 Å². The van der Waals surface area contributed by atoms with E-state index in [9.17, 15) is 0 Å². The van der Waals surface area contributed by atoms with E-state index >= 15 is 0 Å². The van der Waals surface area contributed by atoms with E-state index in [2.05, 4.69) is 163 Å². The van der Waals surface area contributed by atoms with Crippen molar-refractivity contribution >= 4 is 19.2 Å². The van der Waals surface area contributed by atoms with Crippen LogP contribution in [0.15, 0.2) is 87.3 Å². The molecule has 0 N–H and O–H groups in total. The summed E-state index contributed by atoms with van der Waals surface area (Å²) in [7, 11) is -1.79. The van der Waals surface area contributed by atoms with Crippen LogP contribution < -0.4 is 47.6 Å². The third-order valence-corrected chi connectivity index (χ3v) is 14.7. The third-order valence-electron chi connectivity index (χ3n) is 8.97. The summed E-state index contributed by atoms with van der Waals surface area (Å²) >= 11 is 2.40. The molecule has 5 heteroatoms. The Balaban J connectivity index is 0.00000280. The van der Waals surface area contributed by atoms with Crippen LogP contribution in [0.4, 0.5) is 0 Å². The monoisotopic (exact) mass is 658 g/mol. The first-order chi connectivity index (χ1) is 17.5. The Bertz CT molecular complexity index is 1400. The largest absolute Gasteiger partial charge is 1.00 e. The summed E-state index contributed by atoms with van der Waals surface area (Å²) in [5.41, 5.74) is 11.6. The molecule has 0 nitrogen and oxygen atoms in total. The van der Waals surface area contributed by atoms with Gasteiger partial charge in [0.2, 0.25) is 0 Å². The molecule has 1 aliphatic rings. The van der Waals surface area contributed by atoms with E-state index in [-0.39, 0.29) is 53.1 Å². The van der Waals surface area contributed by atoms with Crippen LogP contribution in [0, 0.1) is 6.92 Å². The molecule has 41 heavy (non-hydrogen) atoms. The summed E-state index contributed by atoms with van der Waals surface area (Å²) in [6, 6.07) is 26.1. The molecule has 0 radical (unpaired) electrons. The van der Waals surface area contributed by atoms with E-state index in [1.807, 2.05) is 0 Å². The number of aryl methyl sites for hydroxylation is 1. The first-order valence-corrected chi connectivity index (χ1v) is 16.5. The summed E-state index contributed by atoms with van der Waals surface area (Å²) in [4.78, 5) is 0. The average molecular weight is 660 g/mol. The van der Waals surface area contributed by atoms with Gasteiger partial charge < -0.3 is 37.2 Å². The Morgan fingerprint density at radius 1 is 0.610 bits per heavy atom. The molecule has 3 aromatic carbocycles. The molecule has 0 saturated heterocycles. The van der Waals surface area contributed by atoms with Crippen LogP contribution in [-0.4, -0.2) is 8.80 Å². The van der Waals surface area contributed by atoms with E-state index in [0.29, 0.717) is 0 Å². The number of halogens is 3. The molecular weight excluding hydrogens is 615 g/mol. The average Bonchev–Trinajstić information content (AvgIpc) is 2.99. The molecule has 1 aliphatic carbocycles. The van der Waals surface area contributed by atoms with Gasteiger partial charge in [0.15, 0.2) is 0 Å². The van der Waals surface area contributed by atoms with Gasteiger partial charge in [0.25, 0.3) is 0 Å². The molecule has 0 fully saturated rings. The maximum Gasteiger partial charge on any atom is -1.00 e. The van der Waals surface area contributed by atoms with E-state index in [1.165, 1.54) is 44.2 Å². The topological polar surface area (TPSA) is 0 Å². The van der Waals surface area contributed by atoms with E-state index < -0.39 is 8.80 Å². The molecule has 0 saturated carbocycles. The smallest absolute Gasteiger partial charge is 1.00 e. The van der Waals surface area contributed by atoms with Gasteiger partial charge in [-0.05, 0) is 0 Å². The number of benzene rings is 3. The molecule has 0 spiro atoms. The van der Waals surface area contributed by atoms with Crippen LogP contribution >= 0.6 is 0 Å². The van der Waals surface area contributed by atoms with Crippen molar-refractivity contribution in [2.45, 2.75) is 92.0 Å². The fourth-order valence-electron chi connectivity index (χ4n) is 6.06. The molecular formula is C36H45Cl3SiTi. The molecule has 0 bridgehead atoms. The normalized spacial score (nSPS) is 18.0. The van der Waals surface area contributed by atoms with Gasteiger partial charge in [-0.15, -0.1) is 0 Å². The second-order valence-electron chi connectivity index (χ2n) is 13.7. The Morgan fingerprint density at radius 2 is 1.10 bits per heavy atom. The zero-order valence-corrected chi connectivity index (χ0v) is 31.5. The second-order valence-corrected chi connectivity index (χ2v) is 17.9. The van der Waals surface area contributed by atoms with Crippen molar-refractivity contribution in [1.82, 2.24) is 0 Å². The quantitative estimate of drug-likeness (QED) is 0.333. The fourth-order valence-corrected chi connectivity index (χ4v) is 11.5. The summed E-state index contributed by atoms with van der Waals surface area (Å²) in [5, 5.41) is 3.14. The molecule has 4 rings (SSSR count). The van der Waals surface area contributed by atoms with Gasteiger partial charge in [-0.1, -0.05) is 0 Å². The van der Waals surface area contributed by atoms with Gasteiger partial charge >= 0.3 is 247 Å². The van der Waals surface area contributed by atoms with Crippen molar-refractivity contribution in [2.75, 3.05) is 0 Å². The van der Waals surface area contributed by atoms with Gasteiger partial charge in [0.05, 0.1) is 0 Å². The minimum absolute atomic E-state index is 0. The molecule has 0 amide bonds. The summed E-state index contributed by atoms with van der Waals surface area (Å²) in [6.07, 6.45) is 0. The van der Waals surface area contributed by atoms with Crippen molar-refractivity contribution in [1.29, 1.82) is 0 Å². The molecule has 3 aromatic rings. The second kappa shape index (κ2) is 13.7. The minimum atomic E-state index is -1.79. The van der Waals surface area contributed by atoms with Crippen molar-refractivity contribution in [3.63, 3.8) is 0 Å². The van der Waals surface area contributed by atoms with E-state index in [1.54, 1.807) is 14.6 Å². The SMILES string of the molecule is CC1=C(C)C(C)([SiH](c2cccc(-c3cccc(C)c3)c2)c2cc(C(C)(C)C)cc(C(C)(C)C)c2)[C]([Ti+3])=C1C.[Cl-].[Cl-].[Cl-]. The van der Waals surface area contributed by atoms with Crippen LogP contribution in [0.1, 0.15) is 85.9 Å². The predicted octanol–water partition coefficient (Wildman–Crippen LogP) is -0.459. The van der Waals surface area contributed by atoms with Crippen LogP contribution in [0.5, 0.6) is 0 Å². The maximum atomic E-state index is 2.57. The Morgan fingerprint density at radius 3 is 1.54 bits per heavy atom. The van der Waals surface area contributed by atoms with Crippen LogP contribution in [-0.2, 0) is 31.3 Å². The minimum Gasteiger partial charge on any atom is -1.00 e. The Hall–Kier alpha value is -1.06. The molecule has 2 unspecified atom stereocenters. The standard InChI is InChI=1S/C36H45Si.3ClH.Ti/c1-24-14-12-15-28(18-24)29-16-13-17-32(19-29)37(36(11)23-25(2)26(3)27(36)4)33-21-30(34(5,6)7)20-31(22-33)35(8,9)10;;;;/h12-22,37H,1-11H3;3*1H;/q;;;;+3/p-3. The maximum absolute atomic E-state index is 2.57. The first-order valence-electron chi connectivity index (χ1n) is 14.0. The van der Waals surface area contributed by atoms with Gasteiger partial charge in [-0.2, -0.15) is 0 Å². The molecule has 2 atom stereocenters. The predicted molar refractivity (Wildman–Crippen MR) is 166 cm³/mol. The van der Waals surface area contributed by atoms with Crippen LogP contribution in [0.25, 0.3) is 11.1 Å². The molecule has 218 valence electrons. The molecule has 0 aliphatic heterocycles. The van der Waals surface area contributed by atoms with Crippen LogP contribution in [0.2, 0.25) is 5.04 Å². The number of hydrogen-bond acceptors (Lipinski definition) is 0. The Kier molecular flexibility index (Phi) is 12.7. The summed E-state index contributed by atoms with van der Waals surface area (Å²) in [6.45, 7) is 25.9. The molecule has 0 aromatic heterocycles. The number of hydrogen-bond donors (Lipinski definition) is 0. The van der Waals surface area contributed by atoms with Crippen LogP contribution in [0.3, 0.4) is 0 Å². The Labute approximate surface area is 282 Å². The number of allylic oxidation sites excluding steroid dienone is 4.